The second-order valence-electron chi connectivity index (χ2n) is 11.4. The molecule has 38 heavy (non-hydrogen) atoms. The first-order valence-electron chi connectivity index (χ1n) is 14.0. The van der Waals surface area contributed by atoms with Crippen LogP contribution in [0.25, 0.3) is 10.8 Å². The van der Waals surface area contributed by atoms with Crippen LogP contribution in [0.5, 0.6) is 0 Å². The van der Waals surface area contributed by atoms with E-state index in [0.717, 1.165) is 65.9 Å². The Morgan fingerprint density at radius 3 is 2.58 bits per heavy atom. The summed E-state index contributed by atoms with van der Waals surface area (Å²) in [5, 5.41) is 9.05. The first-order valence-corrected chi connectivity index (χ1v) is 14.0. The number of hydrogen-bond donors (Lipinski definition) is 1. The quantitative estimate of drug-likeness (QED) is 0.509. The maximum Gasteiger partial charge on any atom is 0.259 e. The van der Waals surface area contributed by atoms with Gasteiger partial charge < -0.3 is 4.90 Å². The molecule has 0 radical (unpaired) electrons. The smallest absolute Gasteiger partial charge is 0.259 e. The van der Waals surface area contributed by atoms with E-state index in [1.807, 2.05) is 24.4 Å². The summed E-state index contributed by atoms with van der Waals surface area (Å²) in [6.45, 7) is 3.58. The second kappa shape index (κ2) is 9.34. The first kappa shape index (κ1) is 23.6. The predicted octanol–water partition coefficient (Wildman–Crippen LogP) is 3.83. The van der Waals surface area contributed by atoms with Gasteiger partial charge in [-0.1, -0.05) is 24.6 Å². The lowest BCUT2D eigenvalue weighted by atomic mass is 9.84. The van der Waals surface area contributed by atoms with Gasteiger partial charge in [0.2, 0.25) is 11.8 Å². The van der Waals surface area contributed by atoms with Crippen LogP contribution in [0.2, 0.25) is 0 Å². The van der Waals surface area contributed by atoms with E-state index < -0.39 is 11.9 Å². The van der Waals surface area contributed by atoms with Gasteiger partial charge in [-0.15, -0.1) is 0 Å². The maximum absolute atomic E-state index is 13.4. The van der Waals surface area contributed by atoms with Crippen molar-refractivity contribution in [1.29, 1.82) is 0 Å². The molecule has 7 rings (SSSR count). The van der Waals surface area contributed by atoms with Crippen LogP contribution >= 0.6 is 0 Å². The molecule has 1 atom stereocenters. The van der Waals surface area contributed by atoms with Crippen molar-refractivity contribution >= 4 is 34.2 Å². The minimum Gasteiger partial charge on any atom is -0.303 e. The summed E-state index contributed by atoms with van der Waals surface area (Å²) in [6, 6.07) is 9.61. The Morgan fingerprint density at radius 1 is 0.974 bits per heavy atom. The molecule has 0 spiro atoms. The minimum atomic E-state index is -0.667. The lowest BCUT2D eigenvalue weighted by molar-refractivity contribution is -0.134. The number of carbonyl (C=O) groups excluding carboxylic acids is 3. The lowest BCUT2D eigenvalue weighted by Crippen LogP contribution is -2.53. The van der Waals surface area contributed by atoms with Gasteiger partial charge in [-0.2, -0.15) is 5.10 Å². The summed E-state index contributed by atoms with van der Waals surface area (Å²) in [4.78, 5) is 41.9. The zero-order valence-corrected chi connectivity index (χ0v) is 21.6. The van der Waals surface area contributed by atoms with Gasteiger partial charge in [0.1, 0.15) is 6.04 Å². The van der Waals surface area contributed by atoms with E-state index in [0.29, 0.717) is 18.0 Å². The number of rotatable bonds is 6. The number of likely N-dealkylation sites (tertiary alicyclic amines) is 1. The molecule has 196 valence electrons. The molecule has 3 fully saturated rings. The molecule has 3 amide bonds. The molecular formula is C30H33N5O3. The molecule has 4 heterocycles. The first-order chi connectivity index (χ1) is 18.5. The normalized spacial score (nSPS) is 22.8. The van der Waals surface area contributed by atoms with Crippen molar-refractivity contribution in [3.63, 3.8) is 0 Å². The van der Waals surface area contributed by atoms with E-state index in [1.165, 1.54) is 25.8 Å². The van der Waals surface area contributed by atoms with Crippen LogP contribution in [0.15, 0.2) is 42.7 Å². The Morgan fingerprint density at radius 2 is 1.82 bits per heavy atom. The van der Waals surface area contributed by atoms with Crippen LogP contribution in [0.4, 0.5) is 5.69 Å². The Hall–Kier alpha value is -3.52. The molecule has 0 bridgehead atoms. The summed E-state index contributed by atoms with van der Waals surface area (Å²) in [6.07, 6.45) is 12.0. The SMILES string of the molecule is O=C1CCC(N2C(=O)c3cccc4c(Cc5cnn(C6CCN(CC7CCC7)CC6)c5)ccc2c34)C(=O)N1. The topological polar surface area (TPSA) is 87.5 Å². The van der Waals surface area contributed by atoms with Gasteiger partial charge >= 0.3 is 0 Å². The van der Waals surface area contributed by atoms with Crippen LogP contribution in [-0.2, 0) is 16.0 Å². The molecule has 8 nitrogen and oxygen atoms in total. The van der Waals surface area contributed by atoms with E-state index in [-0.39, 0.29) is 18.2 Å². The minimum absolute atomic E-state index is 0.172. The molecule has 1 aliphatic carbocycles. The van der Waals surface area contributed by atoms with Crippen molar-refractivity contribution in [2.24, 2.45) is 5.92 Å². The molecule has 4 aliphatic rings. The number of piperidine rings is 2. The van der Waals surface area contributed by atoms with Crippen molar-refractivity contribution in [2.75, 3.05) is 24.5 Å². The number of carbonyl (C=O) groups is 3. The molecule has 8 heteroatoms. The molecule has 1 aromatic heterocycles. The summed E-state index contributed by atoms with van der Waals surface area (Å²) < 4.78 is 2.16. The van der Waals surface area contributed by atoms with Crippen LogP contribution in [0.3, 0.4) is 0 Å². The van der Waals surface area contributed by atoms with Crippen molar-refractivity contribution in [1.82, 2.24) is 20.0 Å². The molecule has 2 aromatic carbocycles. The average Bonchev–Trinajstić information content (AvgIpc) is 3.47. The highest BCUT2D eigenvalue weighted by Crippen LogP contribution is 2.41. The van der Waals surface area contributed by atoms with Crippen molar-refractivity contribution in [3.05, 3.63) is 59.4 Å². The fraction of sp³-hybridized carbons (Fsp3) is 0.467. The van der Waals surface area contributed by atoms with Gasteiger partial charge in [0, 0.05) is 49.6 Å². The highest BCUT2D eigenvalue weighted by Gasteiger charge is 2.40. The van der Waals surface area contributed by atoms with Gasteiger partial charge in [-0.3, -0.25) is 29.3 Å². The monoisotopic (exact) mass is 511 g/mol. The van der Waals surface area contributed by atoms with Crippen LogP contribution in [0.1, 0.15) is 72.5 Å². The maximum atomic E-state index is 13.4. The van der Waals surface area contributed by atoms with Gasteiger partial charge in [-0.05, 0) is 66.7 Å². The standard InChI is InChI=1S/C30H33N5O3/c36-27-10-9-26(29(37)32-27)35-25-8-7-21(23-5-2-6-24(28(23)25)30(35)38)15-20-16-31-34(18-20)22-11-13-33(14-12-22)17-19-3-1-4-19/h2,5-8,16,18-19,22,26H,1,3-4,9-15,17H2,(H,32,36,37). The van der Waals surface area contributed by atoms with Crippen molar-refractivity contribution in [2.45, 2.75) is 63.5 Å². The molecule has 1 unspecified atom stereocenters. The number of anilines is 1. The number of hydrogen-bond acceptors (Lipinski definition) is 5. The van der Waals surface area contributed by atoms with Gasteiger partial charge in [-0.25, -0.2) is 0 Å². The number of amides is 3. The van der Waals surface area contributed by atoms with Gasteiger partial charge in [0.15, 0.2) is 0 Å². The molecular weight excluding hydrogens is 478 g/mol. The highest BCUT2D eigenvalue weighted by atomic mass is 16.2. The fourth-order valence-electron chi connectivity index (χ4n) is 6.75. The van der Waals surface area contributed by atoms with E-state index in [9.17, 15) is 14.4 Å². The fourth-order valence-corrected chi connectivity index (χ4v) is 6.75. The van der Waals surface area contributed by atoms with E-state index >= 15 is 0 Å². The largest absolute Gasteiger partial charge is 0.303 e. The average molecular weight is 512 g/mol. The molecule has 3 aromatic rings. The summed E-state index contributed by atoms with van der Waals surface area (Å²) in [7, 11) is 0. The zero-order chi connectivity index (χ0) is 25.8. The molecule has 1 saturated carbocycles. The summed E-state index contributed by atoms with van der Waals surface area (Å²) in [5.74, 6) is 0.0670. The number of benzene rings is 2. The summed E-state index contributed by atoms with van der Waals surface area (Å²) in [5.41, 5.74) is 3.67. The van der Waals surface area contributed by atoms with Gasteiger partial charge in [0.25, 0.3) is 5.91 Å². The molecule has 2 saturated heterocycles. The third kappa shape index (κ3) is 4.02. The van der Waals surface area contributed by atoms with Crippen molar-refractivity contribution < 1.29 is 14.4 Å². The third-order valence-corrected chi connectivity index (χ3v) is 9.06. The Bertz CT molecular complexity index is 1430. The number of nitrogens with one attached hydrogen (secondary N) is 1. The zero-order valence-electron chi connectivity index (χ0n) is 21.6. The van der Waals surface area contributed by atoms with Crippen LogP contribution in [0, 0.1) is 5.92 Å². The Labute approximate surface area is 222 Å². The van der Waals surface area contributed by atoms with E-state index in [4.69, 9.17) is 5.10 Å². The van der Waals surface area contributed by atoms with E-state index in [1.54, 1.807) is 4.90 Å². The Balaban J connectivity index is 1.10. The number of aromatic nitrogens is 2. The predicted molar refractivity (Wildman–Crippen MR) is 144 cm³/mol. The molecule has 3 aliphatic heterocycles. The van der Waals surface area contributed by atoms with E-state index in [2.05, 4.69) is 33.2 Å². The van der Waals surface area contributed by atoms with Crippen LogP contribution < -0.4 is 10.2 Å². The Kier molecular flexibility index (Phi) is 5.80. The van der Waals surface area contributed by atoms with Crippen molar-refractivity contribution in [3.8, 4) is 0 Å². The number of imide groups is 1. The number of nitrogens with zero attached hydrogens (tertiary/aromatic N) is 4. The lowest BCUT2D eigenvalue weighted by Gasteiger charge is -2.36. The van der Waals surface area contributed by atoms with Gasteiger partial charge in [0.05, 0.1) is 17.9 Å². The third-order valence-electron chi connectivity index (χ3n) is 9.06. The summed E-state index contributed by atoms with van der Waals surface area (Å²) >= 11 is 0. The second-order valence-corrected chi connectivity index (χ2v) is 11.4. The van der Waals surface area contributed by atoms with Crippen LogP contribution in [-0.4, -0.2) is 58.1 Å². The highest BCUT2D eigenvalue weighted by molar-refractivity contribution is 6.27. The molecule has 1 N–H and O–H groups in total.